The van der Waals surface area contributed by atoms with Crippen molar-refractivity contribution in [2.45, 2.75) is 19.0 Å². The van der Waals surface area contributed by atoms with E-state index in [-0.39, 0.29) is 11.8 Å². The van der Waals surface area contributed by atoms with Crippen LogP contribution in [0.4, 0.5) is 5.69 Å². The molecule has 0 aromatic heterocycles. The van der Waals surface area contributed by atoms with E-state index in [0.717, 1.165) is 24.3 Å². The van der Waals surface area contributed by atoms with Gasteiger partial charge in [-0.25, -0.2) is 0 Å². The Labute approximate surface area is 118 Å². The van der Waals surface area contributed by atoms with Crippen LogP contribution in [0.5, 0.6) is 0 Å². The van der Waals surface area contributed by atoms with Crippen LogP contribution < -0.4 is 5.32 Å². The van der Waals surface area contributed by atoms with Crippen LogP contribution in [0.3, 0.4) is 0 Å². The first kappa shape index (κ1) is 11.5. The molecule has 2 aromatic rings. The monoisotopic (exact) mass is 264 g/mol. The summed E-state index contributed by atoms with van der Waals surface area (Å²) >= 11 is 0. The van der Waals surface area contributed by atoms with E-state index in [1.165, 1.54) is 11.1 Å². The summed E-state index contributed by atoms with van der Waals surface area (Å²) in [5.41, 5.74) is 4.79. The molecule has 1 amide bonds. The van der Waals surface area contributed by atoms with Gasteiger partial charge in [-0.3, -0.25) is 4.79 Å². The zero-order chi connectivity index (χ0) is 13.5. The highest BCUT2D eigenvalue weighted by Crippen LogP contribution is 2.34. The lowest BCUT2D eigenvalue weighted by Gasteiger charge is -2.20. The molecule has 3 nitrogen and oxygen atoms in total. The second-order valence-corrected chi connectivity index (χ2v) is 5.48. The number of nitrogens with one attached hydrogen (secondary N) is 1. The van der Waals surface area contributed by atoms with E-state index in [2.05, 4.69) is 23.5 Å². The van der Waals surface area contributed by atoms with E-state index < -0.39 is 0 Å². The van der Waals surface area contributed by atoms with Gasteiger partial charge in [-0.1, -0.05) is 42.5 Å². The Morgan fingerprint density at radius 3 is 2.40 bits per heavy atom. The predicted molar refractivity (Wildman–Crippen MR) is 78.4 cm³/mol. The van der Waals surface area contributed by atoms with Crippen molar-refractivity contribution in [3.63, 3.8) is 0 Å². The van der Waals surface area contributed by atoms with Gasteiger partial charge >= 0.3 is 0 Å². The Balaban J connectivity index is 1.59. The molecular formula is C17H16N2O. The number of rotatable bonds is 1. The van der Waals surface area contributed by atoms with E-state index in [0.29, 0.717) is 6.54 Å². The molecular weight excluding hydrogens is 248 g/mol. The van der Waals surface area contributed by atoms with E-state index in [1.54, 1.807) is 0 Å². The number of hydrogen-bond acceptors (Lipinski definition) is 2. The van der Waals surface area contributed by atoms with Crippen molar-refractivity contribution in [1.82, 2.24) is 4.90 Å². The van der Waals surface area contributed by atoms with Crippen molar-refractivity contribution < 1.29 is 4.79 Å². The predicted octanol–water partition coefficient (Wildman–Crippen LogP) is 2.74. The van der Waals surface area contributed by atoms with Gasteiger partial charge in [-0.05, 0) is 22.8 Å². The molecule has 1 N–H and O–H groups in total. The molecule has 100 valence electrons. The highest BCUT2D eigenvalue weighted by atomic mass is 16.2. The summed E-state index contributed by atoms with van der Waals surface area (Å²) in [6.07, 6.45) is 0. The summed E-state index contributed by atoms with van der Waals surface area (Å²) in [6.45, 7) is 2.20. The number of carbonyl (C=O) groups excluding carboxylic acids is 1. The number of amides is 1. The highest BCUT2D eigenvalue weighted by Gasteiger charge is 2.33. The SMILES string of the molecule is O=C(C1CNc2ccccc21)N1Cc2ccccc2C1. The molecule has 2 aromatic carbocycles. The zero-order valence-corrected chi connectivity index (χ0v) is 11.2. The average Bonchev–Trinajstić information content (AvgIpc) is 3.10. The first-order valence-electron chi connectivity index (χ1n) is 7.01. The fourth-order valence-electron chi connectivity index (χ4n) is 3.21. The lowest BCUT2D eigenvalue weighted by molar-refractivity contribution is -0.133. The molecule has 0 fully saturated rings. The fourth-order valence-corrected chi connectivity index (χ4v) is 3.21. The molecule has 2 aliphatic heterocycles. The molecule has 2 aliphatic rings. The van der Waals surface area contributed by atoms with Crippen molar-refractivity contribution >= 4 is 11.6 Å². The lowest BCUT2D eigenvalue weighted by Crippen LogP contribution is -2.31. The minimum absolute atomic E-state index is 0.0412. The average molecular weight is 264 g/mol. The molecule has 1 unspecified atom stereocenters. The summed E-state index contributed by atoms with van der Waals surface area (Å²) in [5, 5.41) is 3.33. The van der Waals surface area contributed by atoms with E-state index in [1.807, 2.05) is 35.2 Å². The van der Waals surface area contributed by atoms with Crippen LogP contribution in [0.25, 0.3) is 0 Å². The molecule has 20 heavy (non-hydrogen) atoms. The van der Waals surface area contributed by atoms with Crippen LogP contribution >= 0.6 is 0 Å². The molecule has 0 radical (unpaired) electrons. The number of para-hydroxylation sites is 1. The number of benzene rings is 2. The second-order valence-electron chi connectivity index (χ2n) is 5.48. The summed E-state index contributed by atoms with van der Waals surface area (Å²) in [7, 11) is 0. The topological polar surface area (TPSA) is 32.3 Å². The first-order valence-corrected chi connectivity index (χ1v) is 7.01. The van der Waals surface area contributed by atoms with Gasteiger partial charge < -0.3 is 10.2 Å². The summed E-state index contributed by atoms with van der Waals surface area (Å²) in [6, 6.07) is 16.4. The number of anilines is 1. The van der Waals surface area contributed by atoms with Gasteiger partial charge in [0.15, 0.2) is 0 Å². The lowest BCUT2D eigenvalue weighted by atomic mass is 10.00. The van der Waals surface area contributed by atoms with Crippen LogP contribution in [0.15, 0.2) is 48.5 Å². The number of fused-ring (bicyclic) bond motifs is 2. The second kappa shape index (κ2) is 4.37. The van der Waals surface area contributed by atoms with Crippen LogP contribution in [0.2, 0.25) is 0 Å². The van der Waals surface area contributed by atoms with Crippen LogP contribution in [0.1, 0.15) is 22.6 Å². The van der Waals surface area contributed by atoms with Crippen molar-refractivity contribution in [3.05, 3.63) is 65.2 Å². The Bertz CT molecular complexity index is 655. The van der Waals surface area contributed by atoms with Crippen LogP contribution in [0, 0.1) is 0 Å². The molecule has 0 saturated carbocycles. The van der Waals surface area contributed by atoms with E-state index in [4.69, 9.17) is 0 Å². The van der Waals surface area contributed by atoms with E-state index in [9.17, 15) is 4.79 Å². The maximum Gasteiger partial charge on any atom is 0.232 e. The normalized spacial score (nSPS) is 19.4. The van der Waals surface area contributed by atoms with Gasteiger partial charge in [0, 0.05) is 25.3 Å². The summed E-state index contributed by atoms with van der Waals surface area (Å²) in [5.74, 6) is 0.194. The van der Waals surface area contributed by atoms with Gasteiger partial charge in [0.25, 0.3) is 0 Å². The third kappa shape index (κ3) is 1.70. The van der Waals surface area contributed by atoms with Crippen molar-refractivity contribution in [3.8, 4) is 0 Å². The number of hydrogen-bond donors (Lipinski definition) is 1. The largest absolute Gasteiger partial charge is 0.384 e. The molecule has 2 heterocycles. The first-order chi connectivity index (χ1) is 9.83. The van der Waals surface area contributed by atoms with Gasteiger partial charge in [-0.15, -0.1) is 0 Å². The summed E-state index contributed by atoms with van der Waals surface area (Å²) < 4.78 is 0. The molecule has 1 atom stereocenters. The Morgan fingerprint density at radius 1 is 1.00 bits per heavy atom. The number of carbonyl (C=O) groups is 1. The maximum atomic E-state index is 12.8. The minimum Gasteiger partial charge on any atom is -0.384 e. The van der Waals surface area contributed by atoms with Gasteiger partial charge in [0.05, 0.1) is 5.92 Å². The third-order valence-electron chi connectivity index (χ3n) is 4.28. The fraction of sp³-hybridized carbons (Fsp3) is 0.235. The molecule has 0 aliphatic carbocycles. The molecule has 0 spiro atoms. The van der Waals surface area contributed by atoms with Crippen LogP contribution in [-0.2, 0) is 17.9 Å². The van der Waals surface area contributed by atoms with E-state index >= 15 is 0 Å². The standard InChI is InChI=1S/C17H16N2O/c20-17(15-9-18-16-8-4-3-7-14(15)16)19-10-12-5-1-2-6-13(12)11-19/h1-8,15,18H,9-11H2. The smallest absolute Gasteiger partial charge is 0.232 e. The molecule has 3 heteroatoms. The molecule has 0 saturated heterocycles. The van der Waals surface area contributed by atoms with Gasteiger partial charge in [-0.2, -0.15) is 0 Å². The van der Waals surface area contributed by atoms with Crippen molar-refractivity contribution in [1.29, 1.82) is 0 Å². The number of nitrogens with zero attached hydrogens (tertiary/aromatic N) is 1. The summed E-state index contributed by atoms with van der Waals surface area (Å²) in [4.78, 5) is 14.7. The zero-order valence-electron chi connectivity index (χ0n) is 11.2. The molecule has 4 rings (SSSR count). The van der Waals surface area contributed by atoms with Crippen molar-refractivity contribution in [2.75, 3.05) is 11.9 Å². The van der Waals surface area contributed by atoms with Crippen LogP contribution in [-0.4, -0.2) is 17.4 Å². The Kier molecular flexibility index (Phi) is 2.52. The maximum absolute atomic E-state index is 12.8. The van der Waals surface area contributed by atoms with Gasteiger partial charge in [0.2, 0.25) is 5.91 Å². The Morgan fingerprint density at radius 2 is 1.65 bits per heavy atom. The van der Waals surface area contributed by atoms with Gasteiger partial charge in [0.1, 0.15) is 0 Å². The van der Waals surface area contributed by atoms with Crippen molar-refractivity contribution in [2.24, 2.45) is 0 Å². The highest BCUT2D eigenvalue weighted by molar-refractivity contribution is 5.88. The third-order valence-corrected chi connectivity index (χ3v) is 4.28. The molecule has 0 bridgehead atoms. The Hall–Kier alpha value is -2.29. The quantitative estimate of drug-likeness (QED) is 0.859. The minimum atomic E-state index is -0.0412.